The number of halogens is 1. The standard InChI is InChI=1S/C25H23FN2O5/c1-31-21-7-5-4-6-16(21)14-20(25(30)27-19-11-9-18(26)10-12-19)28-24(29)17-8-13-22(32-2)23(15-17)33-3/h4-15H,1-3H3,(H,27,30)(H,28,29)/b20-14-. The third kappa shape index (κ3) is 5.88. The number of carbonyl (C=O) groups excluding carboxylic acids is 2. The summed E-state index contributed by atoms with van der Waals surface area (Å²) in [4.78, 5) is 26.0. The van der Waals surface area contributed by atoms with Crippen molar-refractivity contribution in [3.63, 3.8) is 0 Å². The average Bonchev–Trinajstić information content (AvgIpc) is 2.84. The summed E-state index contributed by atoms with van der Waals surface area (Å²) in [5.41, 5.74) is 1.17. The molecule has 3 aromatic carbocycles. The van der Waals surface area contributed by atoms with Crippen LogP contribution >= 0.6 is 0 Å². The van der Waals surface area contributed by atoms with Gasteiger partial charge in [-0.3, -0.25) is 9.59 Å². The largest absolute Gasteiger partial charge is 0.496 e. The zero-order valence-electron chi connectivity index (χ0n) is 18.3. The van der Waals surface area contributed by atoms with Crippen LogP contribution in [-0.4, -0.2) is 33.1 Å². The number of hydrogen-bond donors (Lipinski definition) is 2. The van der Waals surface area contributed by atoms with E-state index in [4.69, 9.17) is 14.2 Å². The Labute approximate surface area is 190 Å². The Kier molecular flexibility index (Phi) is 7.64. The lowest BCUT2D eigenvalue weighted by molar-refractivity contribution is -0.113. The van der Waals surface area contributed by atoms with Crippen LogP contribution in [0, 0.1) is 5.82 Å². The van der Waals surface area contributed by atoms with Crippen LogP contribution in [0.1, 0.15) is 15.9 Å². The monoisotopic (exact) mass is 450 g/mol. The third-order valence-electron chi connectivity index (χ3n) is 4.68. The number of amides is 2. The predicted molar refractivity (Wildman–Crippen MR) is 123 cm³/mol. The first-order chi connectivity index (χ1) is 15.9. The Balaban J connectivity index is 1.94. The summed E-state index contributed by atoms with van der Waals surface area (Å²) in [6, 6.07) is 17.0. The van der Waals surface area contributed by atoms with E-state index in [9.17, 15) is 14.0 Å². The van der Waals surface area contributed by atoms with E-state index in [-0.39, 0.29) is 11.3 Å². The molecule has 170 valence electrons. The van der Waals surface area contributed by atoms with E-state index in [1.165, 1.54) is 57.7 Å². The topological polar surface area (TPSA) is 85.9 Å². The van der Waals surface area contributed by atoms with Crippen molar-refractivity contribution in [3.05, 3.63) is 89.4 Å². The number of ether oxygens (including phenoxy) is 3. The zero-order chi connectivity index (χ0) is 23.8. The molecule has 3 rings (SSSR count). The number of carbonyl (C=O) groups is 2. The molecule has 0 aliphatic heterocycles. The molecule has 7 nitrogen and oxygen atoms in total. The molecule has 0 bridgehead atoms. The summed E-state index contributed by atoms with van der Waals surface area (Å²) >= 11 is 0. The van der Waals surface area contributed by atoms with Gasteiger partial charge in [-0.25, -0.2) is 4.39 Å². The van der Waals surface area contributed by atoms with Crippen LogP contribution in [0.5, 0.6) is 17.2 Å². The number of nitrogens with one attached hydrogen (secondary N) is 2. The molecule has 0 aliphatic rings. The summed E-state index contributed by atoms with van der Waals surface area (Å²) in [5, 5.41) is 5.29. The minimum atomic E-state index is -0.596. The average molecular weight is 450 g/mol. The van der Waals surface area contributed by atoms with Gasteiger partial charge in [0.15, 0.2) is 11.5 Å². The van der Waals surface area contributed by atoms with Crippen LogP contribution in [0.15, 0.2) is 72.4 Å². The quantitative estimate of drug-likeness (QED) is 0.501. The fourth-order valence-electron chi connectivity index (χ4n) is 3.00. The Morgan fingerprint density at radius 2 is 1.48 bits per heavy atom. The normalized spacial score (nSPS) is 10.8. The highest BCUT2D eigenvalue weighted by molar-refractivity contribution is 6.10. The smallest absolute Gasteiger partial charge is 0.272 e. The maximum Gasteiger partial charge on any atom is 0.272 e. The van der Waals surface area contributed by atoms with Crippen molar-refractivity contribution in [3.8, 4) is 17.2 Å². The Morgan fingerprint density at radius 1 is 0.818 bits per heavy atom. The minimum absolute atomic E-state index is 0.0383. The van der Waals surface area contributed by atoms with Crippen LogP contribution < -0.4 is 24.8 Å². The maximum atomic E-state index is 13.2. The molecular weight excluding hydrogens is 427 g/mol. The molecule has 0 heterocycles. The molecule has 0 saturated heterocycles. The number of rotatable bonds is 8. The highest BCUT2D eigenvalue weighted by atomic mass is 19.1. The molecule has 2 N–H and O–H groups in total. The number of benzene rings is 3. The van der Waals surface area contributed by atoms with E-state index >= 15 is 0 Å². The van der Waals surface area contributed by atoms with Crippen molar-refractivity contribution in [2.24, 2.45) is 0 Å². The Hall–Kier alpha value is -4.33. The Bertz CT molecular complexity index is 1180. The molecule has 0 saturated carbocycles. The van der Waals surface area contributed by atoms with E-state index in [1.54, 1.807) is 36.4 Å². The van der Waals surface area contributed by atoms with Crippen LogP contribution in [0.25, 0.3) is 6.08 Å². The molecule has 3 aromatic rings. The number of methoxy groups -OCH3 is 3. The summed E-state index contributed by atoms with van der Waals surface area (Å²) in [7, 11) is 4.46. The van der Waals surface area contributed by atoms with Gasteiger partial charge in [-0.1, -0.05) is 18.2 Å². The molecule has 8 heteroatoms. The molecule has 0 spiro atoms. The summed E-state index contributed by atoms with van der Waals surface area (Å²) in [6.07, 6.45) is 1.50. The van der Waals surface area contributed by atoms with Crippen molar-refractivity contribution in [2.75, 3.05) is 26.6 Å². The highest BCUT2D eigenvalue weighted by Gasteiger charge is 2.17. The first-order valence-electron chi connectivity index (χ1n) is 9.90. The third-order valence-corrected chi connectivity index (χ3v) is 4.68. The van der Waals surface area contributed by atoms with Crippen LogP contribution in [-0.2, 0) is 4.79 Å². The number of hydrogen-bond acceptors (Lipinski definition) is 5. The second-order valence-electron chi connectivity index (χ2n) is 6.78. The predicted octanol–water partition coefficient (Wildman–Crippen LogP) is 4.26. The maximum absolute atomic E-state index is 13.2. The van der Waals surface area contributed by atoms with E-state index in [0.29, 0.717) is 28.5 Å². The molecule has 33 heavy (non-hydrogen) atoms. The fraction of sp³-hybridized carbons (Fsp3) is 0.120. The van der Waals surface area contributed by atoms with Gasteiger partial charge in [0, 0.05) is 16.8 Å². The van der Waals surface area contributed by atoms with Gasteiger partial charge in [-0.15, -0.1) is 0 Å². The second kappa shape index (κ2) is 10.8. The van der Waals surface area contributed by atoms with Gasteiger partial charge >= 0.3 is 0 Å². The molecule has 0 aliphatic carbocycles. The van der Waals surface area contributed by atoms with Crippen molar-refractivity contribution >= 4 is 23.6 Å². The molecular formula is C25H23FN2O5. The van der Waals surface area contributed by atoms with Crippen LogP contribution in [0.4, 0.5) is 10.1 Å². The summed E-state index contributed by atoms with van der Waals surface area (Å²) < 4.78 is 29.0. The molecule has 0 fully saturated rings. The van der Waals surface area contributed by atoms with Gasteiger partial charge in [0.25, 0.3) is 11.8 Å². The van der Waals surface area contributed by atoms with E-state index in [1.807, 2.05) is 0 Å². The van der Waals surface area contributed by atoms with E-state index < -0.39 is 17.6 Å². The molecule has 0 radical (unpaired) electrons. The van der Waals surface area contributed by atoms with Crippen molar-refractivity contribution in [1.29, 1.82) is 0 Å². The number of para-hydroxylation sites is 1. The first kappa shape index (κ1) is 23.3. The van der Waals surface area contributed by atoms with Crippen molar-refractivity contribution in [1.82, 2.24) is 5.32 Å². The van der Waals surface area contributed by atoms with Gasteiger partial charge in [0.05, 0.1) is 21.3 Å². The van der Waals surface area contributed by atoms with Crippen LogP contribution in [0.3, 0.4) is 0 Å². The SMILES string of the molecule is COc1ccccc1/C=C(\NC(=O)c1ccc(OC)c(OC)c1)C(=O)Nc1ccc(F)cc1. The second-order valence-corrected chi connectivity index (χ2v) is 6.78. The van der Waals surface area contributed by atoms with E-state index in [0.717, 1.165) is 0 Å². The van der Waals surface area contributed by atoms with Gasteiger partial charge in [-0.05, 0) is 54.6 Å². The molecule has 0 unspecified atom stereocenters. The lowest BCUT2D eigenvalue weighted by atomic mass is 10.1. The van der Waals surface area contributed by atoms with Gasteiger partial charge in [0.2, 0.25) is 0 Å². The van der Waals surface area contributed by atoms with Crippen molar-refractivity contribution < 1.29 is 28.2 Å². The Morgan fingerprint density at radius 3 is 2.15 bits per heavy atom. The minimum Gasteiger partial charge on any atom is -0.496 e. The lowest BCUT2D eigenvalue weighted by Crippen LogP contribution is -2.30. The molecule has 2 amide bonds. The van der Waals surface area contributed by atoms with Gasteiger partial charge < -0.3 is 24.8 Å². The van der Waals surface area contributed by atoms with E-state index in [2.05, 4.69) is 10.6 Å². The summed E-state index contributed by atoms with van der Waals surface area (Å²) in [6.45, 7) is 0. The van der Waals surface area contributed by atoms with Crippen molar-refractivity contribution in [2.45, 2.75) is 0 Å². The zero-order valence-corrected chi connectivity index (χ0v) is 18.3. The fourth-order valence-corrected chi connectivity index (χ4v) is 3.00. The van der Waals surface area contributed by atoms with Gasteiger partial charge in [-0.2, -0.15) is 0 Å². The number of anilines is 1. The molecule has 0 aromatic heterocycles. The lowest BCUT2D eigenvalue weighted by Gasteiger charge is -2.13. The summed E-state index contributed by atoms with van der Waals surface area (Å²) in [5.74, 6) is -0.207. The van der Waals surface area contributed by atoms with Gasteiger partial charge in [0.1, 0.15) is 17.3 Å². The van der Waals surface area contributed by atoms with Crippen LogP contribution in [0.2, 0.25) is 0 Å². The molecule has 0 atom stereocenters. The first-order valence-corrected chi connectivity index (χ1v) is 9.90. The highest BCUT2D eigenvalue weighted by Crippen LogP contribution is 2.28.